The number of carbonyl (C=O) groups is 1. The molecule has 1 aromatic heterocycles. The Kier molecular flexibility index (Phi) is 5.15. The normalized spacial score (nSPS) is 16.0. The molecule has 0 radical (unpaired) electrons. The van der Waals surface area contributed by atoms with Gasteiger partial charge in [0.1, 0.15) is 0 Å². The third kappa shape index (κ3) is 3.65. The first-order chi connectivity index (χ1) is 13.6. The van der Waals surface area contributed by atoms with Crippen LogP contribution in [0.3, 0.4) is 0 Å². The molecule has 0 atom stereocenters. The summed E-state index contributed by atoms with van der Waals surface area (Å²) in [6, 6.07) is 11.8. The highest BCUT2D eigenvalue weighted by Crippen LogP contribution is 2.23. The number of sulfonamides is 1. The van der Waals surface area contributed by atoms with E-state index in [9.17, 15) is 13.2 Å². The van der Waals surface area contributed by atoms with Crippen molar-refractivity contribution >= 4 is 32.5 Å². The lowest BCUT2D eigenvalue weighted by Crippen LogP contribution is -2.32. The van der Waals surface area contributed by atoms with E-state index in [1.807, 2.05) is 6.07 Å². The molecule has 8 heteroatoms. The summed E-state index contributed by atoms with van der Waals surface area (Å²) in [5.74, 6) is -0.320. The van der Waals surface area contributed by atoms with E-state index < -0.39 is 10.0 Å². The number of H-pyrrole nitrogens is 1. The van der Waals surface area contributed by atoms with E-state index in [0.29, 0.717) is 29.9 Å². The topological polar surface area (TPSA) is 95.2 Å². The third-order valence-electron chi connectivity index (χ3n) is 5.02. The lowest BCUT2D eigenvalue weighted by molar-refractivity contribution is 0.102. The average Bonchev–Trinajstić information content (AvgIpc) is 3.00. The van der Waals surface area contributed by atoms with Gasteiger partial charge in [0.05, 0.1) is 22.2 Å². The minimum atomic E-state index is -3.57. The van der Waals surface area contributed by atoms with Crippen LogP contribution in [-0.2, 0) is 10.0 Å². The number of benzene rings is 2. The number of carbonyl (C=O) groups excluding carboxylic acids is 1. The molecule has 1 amide bonds. The SMILES string of the molecule is O=C(Nc1cccc(S(=O)(=O)N2CCCCCC2)c1)c1cccc2cn[nH]c12. The Morgan fingerprint density at radius 3 is 2.57 bits per heavy atom. The van der Waals surface area contributed by atoms with Gasteiger partial charge < -0.3 is 5.32 Å². The van der Waals surface area contributed by atoms with Crippen LogP contribution >= 0.6 is 0 Å². The highest BCUT2D eigenvalue weighted by atomic mass is 32.2. The van der Waals surface area contributed by atoms with Crippen LogP contribution in [0, 0.1) is 0 Å². The first-order valence-electron chi connectivity index (χ1n) is 9.39. The Hall–Kier alpha value is -2.71. The zero-order valence-electron chi connectivity index (χ0n) is 15.4. The van der Waals surface area contributed by atoms with E-state index in [1.54, 1.807) is 40.8 Å². The Morgan fingerprint density at radius 2 is 1.79 bits per heavy atom. The fraction of sp³-hybridized carbons (Fsp3) is 0.300. The van der Waals surface area contributed by atoms with Crippen molar-refractivity contribution in [1.29, 1.82) is 0 Å². The summed E-state index contributed by atoms with van der Waals surface area (Å²) in [5, 5.41) is 10.4. The molecule has 1 aliphatic rings. The van der Waals surface area contributed by atoms with Gasteiger partial charge in [-0.25, -0.2) is 8.42 Å². The highest BCUT2D eigenvalue weighted by Gasteiger charge is 2.25. The number of hydrogen-bond acceptors (Lipinski definition) is 4. The largest absolute Gasteiger partial charge is 0.322 e. The summed E-state index contributed by atoms with van der Waals surface area (Å²) < 4.78 is 27.5. The number of nitrogens with zero attached hydrogens (tertiary/aromatic N) is 2. The predicted octanol–water partition coefficient (Wildman–Crippen LogP) is 3.38. The van der Waals surface area contributed by atoms with Gasteiger partial charge in [-0.1, -0.05) is 31.0 Å². The van der Waals surface area contributed by atoms with Gasteiger partial charge in [-0.05, 0) is 37.1 Å². The van der Waals surface area contributed by atoms with Gasteiger partial charge in [0.25, 0.3) is 5.91 Å². The number of aromatic nitrogens is 2. The van der Waals surface area contributed by atoms with Crippen molar-refractivity contribution in [3.63, 3.8) is 0 Å². The summed E-state index contributed by atoms with van der Waals surface area (Å²) in [6.45, 7) is 1.08. The van der Waals surface area contributed by atoms with Crippen molar-refractivity contribution in [2.45, 2.75) is 30.6 Å². The van der Waals surface area contributed by atoms with Crippen molar-refractivity contribution in [2.24, 2.45) is 0 Å². The monoisotopic (exact) mass is 398 g/mol. The van der Waals surface area contributed by atoms with Gasteiger partial charge in [0, 0.05) is 24.2 Å². The van der Waals surface area contributed by atoms with E-state index in [0.717, 1.165) is 31.1 Å². The second-order valence-electron chi connectivity index (χ2n) is 6.94. The minimum absolute atomic E-state index is 0.201. The fourth-order valence-corrected chi connectivity index (χ4v) is 5.09. The van der Waals surface area contributed by atoms with Gasteiger partial charge in [-0.3, -0.25) is 9.89 Å². The zero-order valence-corrected chi connectivity index (χ0v) is 16.2. The summed E-state index contributed by atoms with van der Waals surface area (Å²) in [4.78, 5) is 12.9. The highest BCUT2D eigenvalue weighted by molar-refractivity contribution is 7.89. The molecule has 28 heavy (non-hydrogen) atoms. The summed E-state index contributed by atoms with van der Waals surface area (Å²) >= 11 is 0. The molecule has 146 valence electrons. The van der Waals surface area contributed by atoms with Crippen LogP contribution in [0.15, 0.2) is 53.6 Å². The zero-order chi connectivity index (χ0) is 19.6. The number of para-hydroxylation sites is 1. The molecule has 0 bridgehead atoms. The molecule has 0 saturated carbocycles. The number of hydrogen-bond donors (Lipinski definition) is 2. The number of anilines is 1. The number of aromatic amines is 1. The number of nitrogens with one attached hydrogen (secondary N) is 2. The van der Waals surface area contributed by atoms with Crippen molar-refractivity contribution in [2.75, 3.05) is 18.4 Å². The second-order valence-corrected chi connectivity index (χ2v) is 8.88. The molecule has 0 spiro atoms. The van der Waals surface area contributed by atoms with Gasteiger partial charge >= 0.3 is 0 Å². The fourth-order valence-electron chi connectivity index (χ4n) is 3.52. The lowest BCUT2D eigenvalue weighted by Gasteiger charge is -2.20. The van der Waals surface area contributed by atoms with Crippen LogP contribution in [0.5, 0.6) is 0 Å². The standard InChI is InChI=1S/C20H22N4O3S/c25-20(18-10-5-7-15-14-21-23-19(15)18)22-16-8-6-9-17(13-16)28(26,27)24-11-3-1-2-4-12-24/h5-10,13-14H,1-4,11-12H2,(H,21,23)(H,22,25). The Balaban J connectivity index is 1.58. The minimum Gasteiger partial charge on any atom is -0.322 e. The lowest BCUT2D eigenvalue weighted by atomic mass is 10.1. The van der Waals surface area contributed by atoms with E-state index in [-0.39, 0.29) is 10.8 Å². The average molecular weight is 398 g/mol. The summed E-state index contributed by atoms with van der Waals surface area (Å²) in [7, 11) is -3.57. The molecule has 1 saturated heterocycles. The van der Waals surface area contributed by atoms with Gasteiger partial charge in [0.15, 0.2) is 0 Å². The maximum atomic E-state index is 13.0. The van der Waals surface area contributed by atoms with Gasteiger partial charge in [-0.15, -0.1) is 0 Å². The van der Waals surface area contributed by atoms with Gasteiger partial charge in [-0.2, -0.15) is 9.40 Å². The van der Waals surface area contributed by atoms with Crippen LogP contribution in [0.4, 0.5) is 5.69 Å². The van der Waals surface area contributed by atoms with Crippen molar-refractivity contribution < 1.29 is 13.2 Å². The number of fused-ring (bicyclic) bond motifs is 1. The van der Waals surface area contributed by atoms with Crippen LogP contribution in [-0.4, -0.2) is 41.9 Å². The predicted molar refractivity (Wildman–Crippen MR) is 108 cm³/mol. The van der Waals surface area contributed by atoms with Crippen LogP contribution < -0.4 is 5.32 Å². The molecular weight excluding hydrogens is 376 g/mol. The molecule has 0 unspecified atom stereocenters. The summed E-state index contributed by atoms with van der Waals surface area (Å²) in [6.07, 6.45) is 5.52. The van der Waals surface area contributed by atoms with Crippen molar-refractivity contribution in [1.82, 2.24) is 14.5 Å². The molecule has 1 fully saturated rings. The molecule has 3 aromatic rings. The molecule has 2 aromatic carbocycles. The third-order valence-corrected chi connectivity index (χ3v) is 6.91. The Bertz CT molecular complexity index is 1100. The second kappa shape index (κ2) is 7.73. The molecule has 0 aliphatic carbocycles. The first kappa shape index (κ1) is 18.6. The number of rotatable bonds is 4. The van der Waals surface area contributed by atoms with Crippen LogP contribution in [0.25, 0.3) is 10.9 Å². The molecular formula is C20H22N4O3S. The molecule has 7 nitrogen and oxygen atoms in total. The molecule has 2 N–H and O–H groups in total. The summed E-state index contributed by atoms with van der Waals surface area (Å²) in [5.41, 5.74) is 1.54. The Labute approximate surface area is 163 Å². The van der Waals surface area contributed by atoms with Crippen molar-refractivity contribution in [3.05, 3.63) is 54.2 Å². The molecule has 2 heterocycles. The van der Waals surface area contributed by atoms with Crippen molar-refractivity contribution in [3.8, 4) is 0 Å². The first-order valence-corrected chi connectivity index (χ1v) is 10.8. The van der Waals surface area contributed by atoms with Gasteiger partial charge in [0.2, 0.25) is 10.0 Å². The van der Waals surface area contributed by atoms with Crippen LogP contribution in [0.1, 0.15) is 36.0 Å². The smallest absolute Gasteiger partial charge is 0.257 e. The molecule has 4 rings (SSSR count). The quantitative estimate of drug-likeness (QED) is 0.704. The molecule has 1 aliphatic heterocycles. The van der Waals surface area contributed by atoms with E-state index in [1.165, 1.54) is 6.07 Å². The van der Waals surface area contributed by atoms with E-state index in [4.69, 9.17) is 0 Å². The van der Waals surface area contributed by atoms with E-state index >= 15 is 0 Å². The maximum Gasteiger partial charge on any atom is 0.257 e. The Morgan fingerprint density at radius 1 is 1.04 bits per heavy atom. The maximum absolute atomic E-state index is 13.0. The number of amides is 1. The van der Waals surface area contributed by atoms with E-state index in [2.05, 4.69) is 15.5 Å². The van der Waals surface area contributed by atoms with Crippen LogP contribution in [0.2, 0.25) is 0 Å².